The van der Waals surface area contributed by atoms with Gasteiger partial charge in [0, 0.05) is 0 Å². The van der Waals surface area contributed by atoms with Crippen molar-refractivity contribution >= 4 is 0 Å². The average molecular weight is 208 g/mol. The molecule has 0 heteroatoms. The summed E-state index contributed by atoms with van der Waals surface area (Å²) in [6.07, 6.45) is 16.5. The largest absolute Gasteiger partial charge is 0.0596 e. The highest BCUT2D eigenvalue weighted by molar-refractivity contribution is 4.84. The van der Waals surface area contributed by atoms with Crippen LogP contribution < -0.4 is 0 Å². The lowest BCUT2D eigenvalue weighted by Gasteiger charge is -2.28. The van der Waals surface area contributed by atoms with Gasteiger partial charge in [-0.2, -0.15) is 0 Å². The van der Waals surface area contributed by atoms with Crippen molar-refractivity contribution in [1.82, 2.24) is 0 Å². The summed E-state index contributed by atoms with van der Waals surface area (Å²) >= 11 is 0. The van der Waals surface area contributed by atoms with Crippen molar-refractivity contribution in [2.75, 3.05) is 0 Å². The minimum atomic E-state index is 0.731. The highest BCUT2D eigenvalue weighted by Crippen LogP contribution is 2.45. The molecule has 88 valence electrons. The SMILES string of the molecule is CC1(CCCC2(C)CCCC2)CCCC1. The fraction of sp³-hybridized carbons (Fsp3) is 1.00. The molecule has 0 bridgehead atoms. The van der Waals surface area contributed by atoms with Gasteiger partial charge in [0.2, 0.25) is 0 Å². The van der Waals surface area contributed by atoms with Crippen molar-refractivity contribution < 1.29 is 0 Å². The van der Waals surface area contributed by atoms with Gasteiger partial charge >= 0.3 is 0 Å². The highest BCUT2D eigenvalue weighted by atomic mass is 14.4. The first kappa shape index (κ1) is 11.5. The molecule has 0 saturated heterocycles. The van der Waals surface area contributed by atoms with Crippen LogP contribution >= 0.6 is 0 Å². The molecular weight excluding hydrogens is 180 g/mol. The fourth-order valence-corrected chi connectivity index (χ4v) is 3.90. The van der Waals surface area contributed by atoms with Crippen LogP contribution in [0.5, 0.6) is 0 Å². The quantitative estimate of drug-likeness (QED) is 0.586. The van der Waals surface area contributed by atoms with E-state index in [1.165, 1.54) is 70.6 Å². The molecule has 0 amide bonds. The van der Waals surface area contributed by atoms with Crippen molar-refractivity contribution in [3.8, 4) is 0 Å². The summed E-state index contributed by atoms with van der Waals surface area (Å²) in [6, 6.07) is 0. The van der Waals surface area contributed by atoms with E-state index in [-0.39, 0.29) is 0 Å². The zero-order valence-electron chi connectivity index (χ0n) is 10.8. The Morgan fingerprint density at radius 2 is 1.00 bits per heavy atom. The Hall–Kier alpha value is 0. The van der Waals surface area contributed by atoms with Gasteiger partial charge in [-0.1, -0.05) is 46.0 Å². The minimum absolute atomic E-state index is 0.731. The summed E-state index contributed by atoms with van der Waals surface area (Å²) in [4.78, 5) is 0. The van der Waals surface area contributed by atoms with Gasteiger partial charge in [0.05, 0.1) is 0 Å². The molecule has 2 aliphatic rings. The van der Waals surface area contributed by atoms with Crippen LogP contribution in [0.25, 0.3) is 0 Å². The van der Waals surface area contributed by atoms with E-state index in [1.807, 2.05) is 0 Å². The van der Waals surface area contributed by atoms with Crippen LogP contribution in [0, 0.1) is 10.8 Å². The Balaban J connectivity index is 1.69. The lowest BCUT2D eigenvalue weighted by molar-refractivity contribution is 0.243. The third kappa shape index (κ3) is 2.98. The molecule has 2 saturated carbocycles. The molecule has 0 aromatic rings. The highest BCUT2D eigenvalue weighted by Gasteiger charge is 2.31. The molecule has 0 aromatic heterocycles. The molecule has 0 N–H and O–H groups in total. The van der Waals surface area contributed by atoms with Gasteiger partial charge < -0.3 is 0 Å². The van der Waals surface area contributed by atoms with E-state index in [0.29, 0.717) is 0 Å². The van der Waals surface area contributed by atoms with Crippen molar-refractivity contribution in [3.63, 3.8) is 0 Å². The molecular formula is C15H28. The lowest BCUT2D eigenvalue weighted by atomic mass is 9.78. The molecule has 2 fully saturated rings. The second kappa shape index (κ2) is 4.47. The summed E-state index contributed by atoms with van der Waals surface area (Å²) in [5.74, 6) is 0. The van der Waals surface area contributed by atoms with Crippen molar-refractivity contribution in [3.05, 3.63) is 0 Å². The summed E-state index contributed by atoms with van der Waals surface area (Å²) in [5, 5.41) is 0. The maximum absolute atomic E-state index is 2.52. The van der Waals surface area contributed by atoms with Crippen LogP contribution in [0.3, 0.4) is 0 Å². The van der Waals surface area contributed by atoms with E-state index in [9.17, 15) is 0 Å². The topological polar surface area (TPSA) is 0 Å². The zero-order chi connectivity index (χ0) is 10.8. The van der Waals surface area contributed by atoms with Crippen LogP contribution in [0.15, 0.2) is 0 Å². The summed E-state index contributed by atoms with van der Waals surface area (Å²) in [6.45, 7) is 5.05. The second-order valence-electron chi connectivity index (χ2n) is 6.89. The first-order valence-electron chi connectivity index (χ1n) is 7.12. The van der Waals surface area contributed by atoms with Crippen LogP contribution in [-0.4, -0.2) is 0 Å². The Labute approximate surface area is 95.8 Å². The molecule has 15 heavy (non-hydrogen) atoms. The number of rotatable bonds is 4. The molecule has 0 aromatic carbocycles. The van der Waals surface area contributed by atoms with Crippen LogP contribution in [0.1, 0.15) is 84.5 Å². The van der Waals surface area contributed by atoms with Gasteiger partial charge in [-0.25, -0.2) is 0 Å². The summed E-state index contributed by atoms with van der Waals surface area (Å²) in [7, 11) is 0. The van der Waals surface area contributed by atoms with Gasteiger partial charge in [0.15, 0.2) is 0 Å². The van der Waals surface area contributed by atoms with E-state index in [4.69, 9.17) is 0 Å². The normalized spacial score (nSPS) is 28.4. The van der Waals surface area contributed by atoms with Crippen LogP contribution in [0.2, 0.25) is 0 Å². The standard InChI is InChI=1S/C15H28/c1-14(8-3-4-9-14)12-7-13-15(2)10-5-6-11-15/h3-13H2,1-2H3. The minimum Gasteiger partial charge on any atom is -0.0596 e. The average Bonchev–Trinajstić information content (AvgIpc) is 2.76. The van der Waals surface area contributed by atoms with Crippen LogP contribution in [-0.2, 0) is 0 Å². The monoisotopic (exact) mass is 208 g/mol. The van der Waals surface area contributed by atoms with Gasteiger partial charge in [-0.15, -0.1) is 0 Å². The molecule has 0 radical (unpaired) electrons. The van der Waals surface area contributed by atoms with Gasteiger partial charge in [0.25, 0.3) is 0 Å². The molecule has 0 aliphatic heterocycles. The maximum Gasteiger partial charge on any atom is -0.0326 e. The summed E-state index contributed by atoms with van der Waals surface area (Å²) in [5.41, 5.74) is 1.46. The smallest absolute Gasteiger partial charge is 0.0326 e. The van der Waals surface area contributed by atoms with Crippen LogP contribution in [0.4, 0.5) is 0 Å². The Kier molecular flexibility index (Phi) is 3.42. The second-order valence-corrected chi connectivity index (χ2v) is 6.89. The molecule has 2 rings (SSSR count). The van der Waals surface area contributed by atoms with Gasteiger partial charge in [0.1, 0.15) is 0 Å². The molecule has 0 spiro atoms. The third-order valence-corrected chi connectivity index (χ3v) is 5.18. The van der Waals surface area contributed by atoms with Gasteiger partial charge in [-0.3, -0.25) is 0 Å². The lowest BCUT2D eigenvalue weighted by Crippen LogP contribution is -2.15. The molecule has 0 nitrogen and oxygen atoms in total. The van der Waals surface area contributed by atoms with Gasteiger partial charge in [-0.05, 0) is 49.4 Å². The number of hydrogen-bond donors (Lipinski definition) is 0. The predicted octanol–water partition coefficient (Wildman–Crippen LogP) is 5.32. The number of hydrogen-bond acceptors (Lipinski definition) is 0. The Morgan fingerprint density at radius 1 is 0.667 bits per heavy atom. The molecule has 0 atom stereocenters. The zero-order valence-corrected chi connectivity index (χ0v) is 10.8. The predicted molar refractivity (Wildman–Crippen MR) is 67.0 cm³/mol. The molecule has 0 unspecified atom stereocenters. The first-order valence-corrected chi connectivity index (χ1v) is 7.12. The molecule has 0 heterocycles. The van der Waals surface area contributed by atoms with E-state index in [1.54, 1.807) is 0 Å². The van der Waals surface area contributed by atoms with E-state index in [0.717, 1.165) is 10.8 Å². The molecule has 2 aliphatic carbocycles. The maximum atomic E-state index is 2.52. The van der Waals surface area contributed by atoms with E-state index < -0.39 is 0 Å². The summed E-state index contributed by atoms with van der Waals surface area (Å²) < 4.78 is 0. The van der Waals surface area contributed by atoms with Crippen molar-refractivity contribution in [2.24, 2.45) is 10.8 Å². The van der Waals surface area contributed by atoms with E-state index >= 15 is 0 Å². The Morgan fingerprint density at radius 3 is 1.33 bits per heavy atom. The van der Waals surface area contributed by atoms with Crippen molar-refractivity contribution in [1.29, 1.82) is 0 Å². The van der Waals surface area contributed by atoms with Crippen molar-refractivity contribution in [2.45, 2.75) is 84.5 Å². The van der Waals surface area contributed by atoms with E-state index in [2.05, 4.69) is 13.8 Å². The Bertz CT molecular complexity index is 170. The first-order chi connectivity index (χ1) is 7.12. The fourth-order valence-electron chi connectivity index (χ4n) is 3.90. The third-order valence-electron chi connectivity index (χ3n) is 5.18.